The molecule has 0 atom stereocenters. The molecule has 12 heavy (non-hydrogen) atoms. The molecule has 0 aliphatic rings. The molecule has 0 saturated heterocycles. The normalized spacial score (nSPS) is 10.8. The lowest BCUT2D eigenvalue weighted by Crippen LogP contribution is -2.03. The predicted octanol–water partition coefficient (Wildman–Crippen LogP) is 1.24. The maximum atomic E-state index is 11.1. The van der Waals surface area contributed by atoms with E-state index in [1.165, 1.54) is 7.11 Å². The van der Waals surface area contributed by atoms with Crippen molar-refractivity contribution in [2.75, 3.05) is 12.8 Å². The number of ether oxygens (including phenoxy) is 1. The molecule has 2 N–H and O–H groups in total. The molecule has 0 unspecified atom stereocenters. The quantitative estimate of drug-likeness (QED) is 0.510. The number of methoxy groups -OCH3 is 1. The molecule has 0 aliphatic carbocycles. The van der Waals surface area contributed by atoms with Gasteiger partial charge in [-0.2, -0.15) is 0 Å². The Morgan fingerprint density at radius 1 is 1.50 bits per heavy atom. The summed E-state index contributed by atoms with van der Waals surface area (Å²) in [6, 6.07) is 3.41. The first-order valence-corrected chi connectivity index (χ1v) is 3.42. The van der Waals surface area contributed by atoms with E-state index < -0.39 is 5.97 Å². The van der Waals surface area contributed by atoms with Crippen LogP contribution in [0.3, 0.4) is 0 Å². The van der Waals surface area contributed by atoms with Gasteiger partial charge in [0.05, 0.1) is 12.8 Å². The highest BCUT2D eigenvalue weighted by Crippen LogP contribution is 2.30. The van der Waals surface area contributed by atoms with Crippen LogP contribution in [0.5, 0.6) is 0 Å². The van der Waals surface area contributed by atoms with Crippen LogP contribution in [0.15, 0.2) is 16.5 Å². The number of benzene rings is 1. The molecule has 0 spiro atoms. The van der Waals surface area contributed by atoms with Crippen LogP contribution in [-0.2, 0) is 4.74 Å². The Kier molecular flexibility index (Phi) is 1.24. The largest absolute Gasteiger partial charge is 0.465 e. The minimum atomic E-state index is -0.457. The molecule has 62 valence electrons. The Balaban J connectivity index is 2.64. The van der Waals surface area contributed by atoms with E-state index in [1.54, 1.807) is 12.1 Å². The number of nitrogens with two attached hydrogens (primary N) is 1. The predicted molar refractivity (Wildman–Crippen MR) is 43.2 cm³/mol. The zero-order valence-electron chi connectivity index (χ0n) is 6.46. The molecular weight excluding hydrogens is 158 g/mol. The summed E-state index contributed by atoms with van der Waals surface area (Å²) in [5, 5.41) is 0. The first-order valence-electron chi connectivity index (χ1n) is 3.42. The zero-order chi connectivity index (χ0) is 8.72. The van der Waals surface area contributed by atoms with Crippen molar-refractivity contribution in [3.05, 3.63) is 17.7 Å². The van der Waals surface area contributed by atoms with Crippen molar-refractivity contribution in [2.45, 2.75) is 0 Å². The standard InChI is InChI=1S/C8H7NO3/c1-11-8(10)6-4-2-3-5(12-4)7(6)9/h2-3H,9H2,1H3. The molecule has 2 aromatic rings. The molecule has 0 aromatic carbocycles. The summed E-state index contributed by atoms with van der Waals surface area (Å²) in [4.78, 5) is 11.1. The molecule has 0 amide bonds. The summed E-state index contributed by atoms with van der Waals surface area (Å²) in [6.45, 7) is 0. The van der Waals surface area contributed by atoms with E-state index in [4.69, 9.17) is 10.2 Å². The molecule has 0 fully saturated rings. The third kappa shape index (κ3) is 0.689. The summed E-state index contributed by atoms with van der Waals surface area (Å²) >= 11 is 0. The molecule has 0 aliphatic heterocycles. The first-order chi connectivity index (χ1) is 5.74. The van der Waals surface area contributed by atoms with E-state index in [9.17, 15) is 4.79 Å². The second-order valence-electron chi connectivity index (χ2n) is 2.44. The number of anilines is 1. The van der Waals surface area contributed by atoms with Crippen molar-refractivity contribution in [3.8, 4) is 0 Å². The van der Waals surface area contributed by atoms with Gasteiger partial charge in [0.1, 0.15) is 11.1 Å². The van der Waals surface area contributed by atoms with Gasteiger partial charge in [0.25, 0.3) is 0 Å². The summed E-state index contributed by atoms with van der Waals surface area (Å²) in [7, 11) is 1.31. The van der Waals surface area contributed by atoms with Gasteiger partial charge in [0.2, 0.25) is 0 Å². The van der Waals surface area contributed by atoms with E-state index in [2.05, 4.69) is 4.74 Å². The van der Waals surface area contributed by atoms with Crippen LogP contribution in [-0.4, -0.2) is 13.1 Å². The summed E-state index contributed by atoms with van der Waals surface area (Å²) in [6.07, 6.45) is 0. The van der Waals surface area contributed by atoms with Gasteiger partial charge >= 0.3 is 5.97 Å². The lowest BCUT2D eigenvalue weighted by Gasteiger charge is -1.96. The smallest absolute Gasteiger partial charge is 0.343 e. The highest BCUT2D eigenvalue weighted by atomic mass is 16.5. The molecule has 2 heterocycles. The average Bonchev–Trinajstić information content (AvgIpc) is 2.63. The molecule has 4 heteroatoms. The van der Waals surface area contributed by atoms with E-state index in [0.29, 0.717) is 22.4 Å². The Morgan fingerprint density at radius 2 is 2.17 bits per heavy atom. The van der Waals surface area contributed by atoms with E-state index in [1.807, 2.05) is 0 Å². The van der Waals surface area contributed by atoms with E-state index in [0.717, 1.165) is 0 Å². The van der Waals surface area contributed by atoms with E-state index >= 15 is 0 Å². The number of hydrogen-bond acceptors (Lipinski definition) is 4. The summed E-state index contributed by atoms with van der Waals surface area (Å²) < 4.78 is 9.67. The van der Waals surface area contributed by atoms with Crippen molar-refractivity contribution in [3.63, 3.8) is 0 Å². The van der Waals surface area contributed by atoms with Crippen LogP contribution in [0.1, 0.15) is 10.4 Å². The lowest BCUT2D eigenvalue weighted by molar-refractivity contribution is 0.0604. The van der Waals surface area contributed by atoms with Crippen LogP contribution in [0.4, 0.5) is 5.69 Å². The van der Waals surface area contributed by atoms with Gasteiger partial charge in [-0.05, 0) is 12.1 Å². The first kappa shape index (κ1) is 6.97. The van der Waals surface area contributed by atoms with Gasteiger partial charge in [-0.3, -0.25) is 0 Å². The van der Waals surface area contributed by atoms with Crippen LogP contribution in [0, 0.1) is 0 Å². The number of furan rings is 2. The van der Waals surface area contributed by atoms with Crippen LogP contribution >= 0.6 is 0 Å². The van der Waals surface area contributed by atoms with Gasteiger partial charge < -0.3 is 14.9 Å². The fourth-order valence-electron chi connectivity index (χ4n) is 1.19. The fraction of sp³-hybridized carbons (Fsp3) is 0.125. The summed E-state index contributed by atoms with van der Waals surface area (Å²) in [5.74, 6) is -0.457. The molecule has 4 nitrogen and oxygen atoms in total. The van der Waals surface area contributed by atoms with Gasteiger partial charge in [0.15, 0.2) is 5.58 Å². The van der Waals surface area contributed by atoms with Gasteiger partial charge in [-0.15, -0.1) is 0 Å². The van der Waals surface area contributed by atoms with Crippen molar-refractivity contribution < 1.29 is 13.9 Å². The van der Waals surface area contributed by atoms with Crippen LogP contribution in [0.2, 0.25) is 0 Å². The van der Waals surface area contributed by atoms with Crippen molar-refractivity contribution in [2.24, 2.45) is 0 Å². The van der Waals surface area contributed by atoms with Crippen molar-refractivity contribution >= 4 is 22.8 Å². The van der Waals surface area contributed by atoms with Gasteiger partial charge in [-0.25, -0.2) is 4.79 Å². The van der Waals surface area contributed by atoms with Crippen LogP contribution < -0.4 is 5.73 Å². The minimum Gasteiger partial charge on any atom is -0.465 e. The lowest BCUT2D eigenvalue weighted by atomic mass is 10.2. The van der Waals surface area contributed by atoms with Crippen LogP contribution in [0.25, 0.3) is 11.2 Å². The molecular formula is C8H7NO3. The Bertz CT molecular complexity index is 418. The molecule has 0 saturated carbocycles. The number of rotatable bonds is 1. The molecule has 2 bridgehead atoms. The second kappa shape index (κ2) is 2.14. The number of nitrogen functional groups attached to an aromatic ring is 1. The molecule has 0 radical (unpaired) electrons. The fourth-order valence-corrected chi connectivity index (χ4v) is 1.19. The second-order valence-corrected chi connectivity index (χ2v) is 2.44. The summed E-state index contributed by atoms with van der Waals surface area (Å²) in [5.41, 5.74) is 7.29. The van der Waals surface area contributed by atoms with Crippen molar-refractivity contribution in [1.29, 1.82) is 0 Å². The third-order valence-electron chi connectivity index (χ3n) is 1.78. The Labute approximate surface area is 68.2 Å². The Morgan fingerprint density at radius 3 is 2.67 bits per heavy atom. The number of fused-ring (bicyclic) bond motifs is 2. The topological polar surface area (TPSA) is 65.5 Å². The minimum absolute atomic E-state index is 0.329. The third-order valence-corrected chi connectivity index (χ3v) is 1.78. The van der Waals surface area contributed by atoms with Gasteiger partial charge in [0, 0.05) is 0 Å². The highest BCUT2D eigenvalue weighted by Gasteiger charge is 2.20. The van der Waals surface area contributed by atoms with Gasteiger partial charge in [-0.1, -0.05) is 0 Å². The number of carbonyl (C=O) groups excluding carboxylic acids is 1. The zero-order valence-corrected chi connectivity index (χ0v) is 6.46. The number of hydrogen-bond donors (Lipinski definition) is 1. The number of carbonyl (C=O) groups is 1. The van der Waals surface area contributed by atoms with Crippen molar-refractivity contribution in [1.82, 2.24) is 0 Å². The molecule has 2 rings (SSSR count). The SMILES string of the molecule is COC(=O)c1c(N)c2ccc1o2. The Hall–Kier alpha value is -1.71. The monoisotopic (exact) mass is 165 g/mol. The highest BCUT2D eigenvalue weighted by molar-refractivity contribution is 6.07. The molecule has 2 aromatic heterocycles. The average molecular weight is 165 g/mol. The van der Waals surface area contributed by atoms with E-state index in [-0.39, 0.29) is 0 Å². The number of esters is 1. The maximum absolute atomic E-state index is 11.1. The maximum Gasteiger partial charge on any atom is 0.343 e.